The second kappa shape index (κ2) is 4.38. The Morgan fingerprint density at radius 1 is 1.27 bits per heavy atom. The summed E-state index contributed by atoms with van der Waals surface area (Å²) in [6.45, 7) is 8.81. The summed E-state index contributed by atoms with van der Waals surface area (Å²) in [6.07, 6.45) is 4.22. The second-order valence-corrected chi connectivity index (χ2v) is 5.01. The minimum absolute atomic E-state index is 0.0315. The molecule has 1 rings (SSSR count). The molecule has 0 saturated carbocycles. The van der Waals surface area contributed by atoms with E-state index in [1.54, 1.807) is 7.11 Å². The average Bonchev–Trinajstić information content (AvgIpc) is 2.12. The van der Waals surface area contributed by atoms with Gasteiger partial charge >= 0.3 is 0 Å². The summed E-state index contributed by atoms with van der Waals surface area (Å²) in [5.41, 5.74) is -0.252. The lowest BCUT2D eigenvalue weighted by Gasteiger charge is -2.39. The zero-order chi connectivity index (χ0) is 11.5. The van der Waals surface area contributed by atoms with Crippen molar-refractivity contribution in [1.82, 2.24) is 0 Å². The van der Waals surface area contributed by atoms with E-state index in [1.807, 2.05) is 13.8 Å². The van der Waals surface area contributed by atoms with Crippen LogP contribution in [0.2, 0.25) is 0 Å². The van der Waals surface area contributed by atoms with E-state index in [0.29, 0.717) is 6.61 Å². The maximum absolute atomic E-state index is 5.92. The van der Waals surface area contributed by atoms with E-state index in [1.165, 1.54) is 0 Å². The molecule has 0 amide bonds. The fraction of sp³-hybridized carbons (Fsp3) is 0.692. The van der Waals surface area contributed by atoms with Crippen LogP contribution in [0.4, 0.5) is 0 Å². The van der Waals surface area contributed by atoms with Crippen molar-refractivity contribution in [2.75, 3.05) is 13.7 Å². The van der Waals surface area contributed by atoms with Crippen LogP contribution in [0.5, 0.6) is 0 Å². The Hall–Kier alpha value is -0.780. The van der Waals surface area contributed by atoms with Gasteiger partial charge in [0.1, 0.15) is 12.7 Å². The predicted octanol–water partition coefficient (Wildman–Crippen LogP) is 2.40. The van der Waals surface area contributed by atoms with E-state index in [-0.39, 0.29) is 17.1 Å². The lowest BCUT2D eigenvalue weighted by atomic mass is 9.82. The maximum Gasteiger partial charge on any atom is 0.127 e. The molecule has 84 valence electrons. The normalized spacial score (nSPS) is 26.9. The van der Waals surface area contributed by atoms with Crippen molar-refractivity contribution < 1.29 is 9.47 Å². The summed E-state index contributed by atoms with van der Waals surface area (Å²) in [7, 11) is 1.64. The molecule has 0 saturated heterocycles. The third-order valence-corrected chi connectivity index (χ3v) is 2.46. The summed E-state index contributed by atoms with van der Waals surface area (Å²) in [5, 5.41) is 0. The molecule has 0 spiro atoms. The third kappa shape index (κ3) is 3.37. The molecule has 0 aromatic heterocycles. The van der Waals surface area contributed by atoms with Gasteiger partial charge in [-0.3, -0.25) is 0 Å². The molecule has 0 aliphatic carbocycles. The zero-order valence-electron chi connectivity index (χ0n) is 10.3. The third-order valence-electron chi connectivity index (χ3n) is 2.46. The van der Waals surface area contributed by atoms with Crippen LogP contribution in [0.3, 0.4) is 0 Å². The molecule has 1 atom stereocenters. The largest absolute Gasteiger partial charge is 0.372 e. The van der Waals surface area contributed by atoms with Crippen LogP contribution in [0, 0.1) is 17.3 Å². The lowest BCUT2D eigenvalue weighted by molar-refractivity contribution is -0.0641. The molecule has 0 aromatic carbocycles. The Balaban J connectivity index is 2.80. The van der Waals surface area contributed by atoms with Gasteiger partial charge in [0, 0.05) is 12.5 Å². The van der Waals surface area contributed by atoms with Gasteiger partial charge in [0.25, 0.3) is 0 Å². The van der Waals surface area contributed by atoms with E-state index >= 15 is 0 Å². The Kier molecular flexibility index (Phi) is 3.59. The minimum Gasteiger partial charge on any atom is -0.372 e. The van der Waals surface area contributed by atoms with E-state index < -0.39 is 0 Å². The van der Waals surface area contributed by atoms with Crippen LogP contribution in [-0.4, -0.2) is 25.4 Å². The molecule has 0 bridgehead atoms. The first-order chi connectivity index (χ1) is 6.87. The van der Waals surface area contributed by atoms with Crippen LogP contribution >= 0.6 is 0 Å². The minimum atomic E-state index is -0.220. The first-order valence-electron chi connectivity index (χ1n) is 5.23. The fourth-order valence-corrected chi connectivity index (χ4v) is 1.42. The van der Waals surface area contributed by atoms with E-state index in [2.05, 4.69) is 37.8 Å². The molecule has 2 nitrogen and oxygen atoms in total. The molecule has 1 unspecified atom stereocenters. The summed E-state index contributed by atoms with van der Waals surface area (Å²) < 4.78 is 10.8. The van der Waals surface area contributed by atoms with Crippen molar-refractivity contribution in [2.24, 2.45) is 5.41 Å². The molecule has 0 radical (unpaired) electrons. The second-order valence-electron chi connectivity index (χ2n) is 5.01. The Morgan fingerprint density at radius 3 is 2.53 bits per heavy atom. The molecular formula is C13H20O2. The topological polar surface area (TPSA) is 18.5 Å². The number of hydrogen-bond donors (Lipinski definition) is 0. The summed E-state index contributed by atoms with van der Waals surface area (Å²) in [6, 6.07) is 0. The molecule has 15 heavy (non-hydrogen) atoms. The van der Waals surface area contributed by atoms with Crippen LogP contribution in [0.15, 0.2) is 12.2 Å². The van der Waals surface area contributed by atoms with Crippen molar-refractivity contribution in [3.05, 3.63) is 12.2 Å². The van der Waals surface area contributed by atoms with Crippen molar-refractivity contribution in [3.8, 4) is 11.8 Å². The highest BCUT2D eigenvalue weighted by atomic mass is 16.5. The van der Waals surface area contributed by atoms with Gasteiger partial charge < -0.3 is 9.47 Å². The van der Waals surface area contributed by atoms with E-state index in [0.717, 1.165) is 0 Å². The summed E-state index contributed by atoms with van der Waals surface area (Å²) in [4.78, 5) is 0. The quantitative estimate of drug-likeness (QED) is 0.486. The first-order valence-corrected chi connectivity index (χ1v) is 5.23. The first kappa shape index (κ1) is 12.3. The monoisotopic (exact) mass is 208 g/mol. The maximum atomic E-state index is 5.92. The van der Waals surface area contributed by atoms with Crippen LogP contribution in [0.1, 0.15) is 27.7 Å². The van der Waals surface area contributed by atoms with Gasteiger partial charge in [-0.05, 0) is 13.8 Å². The van der Waals surface area contributed by atoms with Crippen LogP contribution < -0.4 is 0 Å². The standard InChI is InChI=1S/C13H20O2/c1-12(2)8-9-13(3,4)15-11(12)7-6-10-14-5/h8-9,11H,10H2,1-5H3. The fourth-order valence-electron chi connectivity index (χ4n) is 1.42. The van der Waals surface area contributed by atoms with E-state index in [4.69, 9.17) is 9.47 Å². The van der Waals surface area contributed by atoms with Crippen LogP contribution in [0.25, 0.3) is 0 Å². The number of rotatable bonds is 1. The van der Waals surface area contributed by atoms with Crippen molar-refractivity contribution in [3.63, 3.8) is 0 Å². The van der Waals surface area contributed by atoms with E-state index in [9.17, 15) is 0 Å². The van der Waals surface area contributed by atoms with Crippen molar-refractivity contribution in [1.29, 1.82) is 0 Å². The molecule has 0 fully saturated rings. The van der Waals surface area contributed by atoms with Crippen molar-refractivity contribution >= 4 is 0 Å². The SMILES string of the molecule is COCC#CC1OC(C)(C)C=CC1(C)C. The Bertz CT molecular complexity index is 302. The molecule has 0 aromatic rings. The average molecular weight is 208 g/mol. The summed E-state index contributed by atoms with van der Waals surface area (Å²) >= 11 is 0. The van der Waals surface area contributed by atoms with Crippen LogP contribution in [-0.2, 0) is 9.47 Å². The van der Waals surface area contributed by atoms with Gasteiger partial charge in [0.2, 0.25) is 0 Å². The molecule has 1 heterocycles. The zero-order valence-corrected chi connectivity index (χ0v) is 10.3. The van der Waals surface area contributed by atoms with Gasteiger partial charge in [0.05, 0.1) is 5.60 Å². The molecule has 1 aliphatic rings. The lowest BCUT2D eigenvalue weighted by Crippen LogP contribution is -2.41. The highest BCUT2D eigenvalue weighted by Crippen LogP contribution is 2.34. The molecule has 0 N–H and O–H groups in total. The van der Waals surface area contributed by atoms with Gasteiger partial charge in [-0.25, -0.2) is 0 Å². The van der Waals surface area contributed by atoms with Gasteiger partial charge in [0.15, 0.2) is 0 Å². The summed E-state index contributed by atoms with van der Waals surface area (Å²) in [5.74, 6) is 6.09. The van der Waals surface area contributed by atoms with Gasteiger partial charge in [-0.1, -0.05) is 37.8 Å². The molecule has 1 aliphatic heterocycles. The predicted molar refractivity (Wildman–Crippen MR) is 61.5 cm³/mol. The van der Waals surface area contributed by atoms with Gasteiger partial charge in [-0.2, -0.15) is 0 Å². The number of ether oxygens (including phenoxy) is 2. The number of hydrogen-bond acceptors (Lipinski definition) is 2. The highest BCUT2D eigenvalue weighted by Gasteiger charge is 2.35. The van der Waals surface area contributed by atoms with Crippen molar-refractivity contribution in [2.45, 2.75) is 39.4 Å². The number of methoxy groups -OCH3 is 1. The Labute approximate surface area is 92.6 Å². The molecule has 2 heteroatoms. The molecular weight excluding hydrogens is 188 g/mol. The highest BCUT2D eigenvalue weighted by molar-refractivity contribution is 5.20. The smallest absolute Gasteiger partial charge is 0.127 e. The Morgan fingerprint density at radius 2 is 1.93 bits per heavy atom. The van der Waals surface area contributed by atoms with Gasteiger partial charge in [-0.15, -0.1) is 0 Å².